The topological polar surface area (TPSA) is 26.0 Å². The van der Waals surface area contributed by atoms with Gasteiger partial charge in [0.15, 0.2) is 0 Å². The van der Waals surface area contributed by atoms with Crippen molar-refractivity contribution in [2.75, 3.05) is 0 Å². The van der Waals surface area contributed by atoms with Gasteiger partial charge in [-0.05, 0) is 33.4 Å². The highest BCUT2D eigenvalue weighted by Crippen LogP contribution is 2.14. The first-order chi connectivity index (χ1) is 5.56. The molecule has 1 heteroatoms. The Morgan fingerprint density at radius 2 is 2.00 bits per heavy atom. The van der Waals surface area contributed by atoms with E-state index in [-0.39, 0.29) is 0 Å². The van der Waals surface area contributed by atoms with Crippen LogP contribution >= 0.6 is 0 Å². The third-order valence-corrected chi connectivity index (χ3v) is 1.49. The van der Waals surface area contributed by atoms with Gasteiger partial charge in [-0.2, -0.15) is 0 Å². The Morgan fingerprint density at radius 3 is 2.33 bits per heavy atom. The van der Waals surface area contributed by atoms with E-state index in [0.29, 0.717) is 5.92 Å². The maximum absolute atomic E-state index is 5.34. The van der Waals surface area contributed by atoms with Crippen molar-refractivity contribution in [3.63, 3.8) is 0 Å². The molecule has 68 valence electrons. The third kappa shape index (κ3) is 5.78. The Morgan fingerprint density at radius 1 is 1.42 bits per heavy atom. The summed E-state index contributed by atoms with van der Waals surface area (Å²) in [7, 11) is 0. The van der Waals surface area contributed by atoms with E-state index in [1.165, 1.54) is 11.1 Å². The predicted octanol–water partition coefficient (Wildman–Crippen LogP) is 3.01. The monoisotopic (exact) mass is 165 g/mol. The minimum absolute atomic E-state index is 0.414. The fraction of sp³-hybridized carbons (Fsp3) is 0.455. The van der Waals surface area contributed by atoms with Crippen LogP contribution in [0.25, 0.3) is 0 Å². The van der Waals surface area contributed by atoms with Gasteiger partial charge in [-0.15, -0.1) is 6.58 Å². The second kappa shape index (κ2) is 5.64. The molecular weight excluding hydrogens is 146 g/mol. The van der Waals surface area contributed by atoms with Gasteiger partial charge in [0.25, 0.3) is 0 Å². The van der Waals surface area contributed by atoms with Crippen LogP contribution in [0.4, 0.5) is 0 Å². The molecule has 0 aromatic heterocycles. The van der Waals surface area contributed by atoms with Gasteiger partial charge in [-0.3, -0.25) is 0 Å². The average Bonchev–Trinajstić information content (AvgIpc) is 1.84. The standard InChI is InChI=1S/C11H19N/c1-9(2)7-11(5-6-12)8-10(3)4/h5-6,8,11H,1,7,12H2,2-4H3/b6-5+. The van der Waals surface area contributed by atoms with Crippen molar-refractivity contribution in [1.29, 1.82) is 0 Å². The molecule has 0 rings (SSSR count). The van der Waals surface area contributed by atoms with E-state index in [1.807, 2.05) is 13.0 Å². The van der Waals surface area contributed by atoms with Gasteiger partial charge in [0.2, 0.25) is 0 Å². The van der Waals surface area contributed by atoms with Crippen molar-refractivity contribution in [2.24, 2.45) is 11.7 Å². The number of hydrogen-bond donors (Lipinski definition) is 1. The molecule has 0 spiro atoms. The lowest BCUT2D eigenvalue weighted by atomic mass is 9.99. The van der Waals surface area contributed by atoms with Crippen molar-refractivity contribution in [1.82, 2.24) is 0 Å². The van der Waals surface area contributed by atoms with Gasteiger partial charge in [0.1, 0.15) is 0 Å². The molecule has 0 bridgehead atoms. The largest absolute Gasteiger partial charge is 0.405 e. The highest BCUT2D eigenvalue weighted by molar-refractivity contribution is 5.09. The molecule has 2 N–H and O–H groups in total. The smallest absolute Gasteiger partial charge is 0.000311 e. The molecule has 0 aliphatic rings. The highest BCUT2D eigenvalue weighted by Gasteiger charge is 2.00. The van der Waals surface area contributed by atoms with Crippen LogP contribution in [0.1, 0.15) is 27.2 Å². The summed E-state index contributed by atoms with van der Waals surface area (Å²) >= 11 is 0. The molecule has 12 heavy (non-hydrogen) atoms. The number of nitrogens with two attached hydrogens (primary N) is 1. The molecule has 1 nitrogen and oxygen atoms in total. The molecular formula is C11H19N. The fourth-order valence-electron chi connectivity index (χ4n) is 1.16. The maximum atomic E-state index is 5.34. The van der Waals surface area contributed by atoms with Gasteiger partial charge in [-0.1, -0.05) is 23.3 Å². The average molecular weight is 165 g/mol. The molecule has 0 aliphatic carbocycles. The van der Waals surface area contributed by atoms with Crippen LogP contribution in [-0.4, -0.2) is 0 Å². The molecule has 0 saturated heterocycles. The molecule has 1 atom stereocenters. The molecule has 0 fully saturated rings. The van der Waals surface area contributed by atoms with Crippen molar-refractivity contribution in [3.05, 3.63) is 36.1 Å². The van der Waals surface area contributed by atoms with Crippen LogP contribution in [0.15, 0.2) is 36.1 Å². The summed E-state index contributed by atoms with van der Waals surface area (Å²) < 4.78 is 0. The van der Waals surface area contributed by atoms with Crippen LogP contribution in [0.5, 0.6) is 0 Å². The Balaban J connectivity index is 4.23. The lowest BCUT2D eigenvalue weighted by Crippen LogP contribution is -1.95. The summed E-state index contributed by atoms with van der Waals surface area (Å²) in [6.07, 6.45) is 6.80. The zero-order valence-corrected chi connectivity index (χ0v) is 8.30. The Kier molecular flexibility index (Phi) is 5.18. The predicted molar refractivity (Wildman–Crippen MR) is 55.7 cm³/mol. The molecule has 0 radical (unpaired) electrons. The first-order valence-corrected chi connectivity index (χ1v) is 4.24. The van der Waals surface area contributed by atoms with E-state index in [2.05, 4.69) is 26.5 Å². The first kappa shape index (κ1) is 11.0. The third-order valence-electron chi connectivity index (χ3n) is 1.49. The second-order valence-electron chi connectivity index (χ2n) is 3.45. The van der Waals surface area contributed by atoms with Gasteiger partial charge >= 0.3 is 0 Å². The SMILES string of the molecule is C=C(C)CC(C=C(C)C)/C=C/N. The number of allylic oxidation sites excluding steroid dienone is 4. The van der Waals surface area contributed by atoms with E-state index in [9.17, 15) is 0 Å². The van der Waals surface area contributed by atoms with Gasteiger partial charge in [0.05, 0.1) is 0 Å². The summed E-state index contributed by atoms with van der Waals surface area (Å²) in [6.45, 7) is 10.1. The minimum Gasteiger partial charge on any atom is -0.405 e. The zero-order chi connectivity index (χ0) is 9.56. The van der Waals surface area contributed by atoms with Gasteiger partial charge in [0, 0.05) is 5.92 Å². The van der Waals surface area contributed by atoms with E-state index >= 15 is 0 Å². The van der Waals surface area contributed by atoms with E-state index in [1.54, 1.807) is 6.20 Å². The first-order valence-electron chi connectivity index (χ1n) is 4.24. The van der Waals surface area contributed by atoms with Crippen molar-refractivity contribution in [3.8, 4) is 0 Å². The molecule has 0 aromatic rings. The lowest BCUT2D eigenvalue weighted by molar-refractivity contribution is 0.787. The Hall–Kier alpha value is -0.980. The Labute approximate surface area is 75.7 Å². The molecule has 0 amide bonds. The van der Waals surface area contributed by atoms with Crippen molar-refractivity contribution >= 4 is 0 Å². The van der Waals surface area contributed by atoms with Crippen LogP contribution < -0.4 is 5.73 Å². The van der Waals surface area contributed by atoms with Crippen LogP contribution in [0.2, 0.25) is 0 Å². The number of hydrogen-bond acceptors (Lipinski definition) is 1. The van der Waals surface area contributed by atoms with E-state index in [4.69, 9.17) is 5.73 Å². The summed E-state index contributed by atoms with van der Waals surface area (Å²) in [5, 5.41) is 0. The zero-order valence-electron chi connectivity index (χ0n) is 8.30. The van der Waals surface area contributed by atoms with E-state index < -0.39 is 0 Å². The lowest BCUT2D eigenvalue weighted by Gasteiger charge is -2.07. The maximum Gasteiger partial charge on any atom is 0.000311 e. The normalized spacial score (nSPS) is 12.9. The second-order valence-corrected chi connectivity index (χ2v) is 3.45. The highest BCUT2D eigenvalue weighted by atomic mass is 14.5. The molecule has 1 unspecified atom stereocenters. The van der Waals surface area contributed by atoms with E-state index in [0.717, 1.165) is 6.42 Å². The summed E-state index contributed by atoms with van der Waals surface area (Å²) in [4.78, 5) is 0. The molecule has 0 aliphatic heterocycles. The van der Waals surface area contributed by atoms with Gasteiger partial charge < -0.3 is 5.73 Å². The minimum atomic E-state index is 0.414. The summed E-state index contributed by atoms with van der Waals surface area (Å²) in [6, 6.07) is 0. The van der Waals surface area contributed by atoms with Gasteiger partial charge in [-0.25, -0.2) is 0 Å². The fourth-order valence-corrected chi connectivity index (χ4v) is 1.16. The summed E-state index contributed by atoms with van der Waals surface area (Å²) in [5.41, 5.74) is 7.85. The quantitative estimate of drug-likeness (QED) is 0.637. The van der Waals surface area contributed by atoms with Crippen LogP contribution in [0.3, 0.4) is 0 Å². The van der Waals surface area contributed by atoms with Crippen molar-refractivity contribution < 1.29 is 0 Å². The summed E-state index contributed by atoms with van der Waals surface area (Å²) in [5.74, 6) is 0.414. The molecule has 0 aromatic carbocycles. The van der Waals surface area contributed by atoms with Crippen LogP contribution in [-0.2, 0) is 0 Å². The van der Waals surface area contributed by atoms with Crippen molar-refractivity contribution in [2.45, 2.75) is 27.2 Å². The number of rotatable bonds is 4. The molecule has 0 heterocycles. The molecule has 0 saturated carbocycles. The Bertz CT molecular complexity index is 195. The van der Waals surface area contributed by atoms with Crippen LogP contribution in [0, 0.1) is 5.92 Å².